The van der Waals surface area contributed by atoms with Crippen LogP contribution in [0.1, 0.15) is 24.0 Å². The molecule has 0 spiro atoms. The first kappa shape index (κ1) is 13.8. The van der Waals surface area contributed by atoms with Crippen LogP contribution in [0.5, 0.6) is 5.75 Å². The SMILES string of the molecule is Cc1cc(OCC2CC(O)(CO)C2)cc(C)c1Br. The van der Waals surface area contributed by atoms with Crippen molar-refractivity contribution in [2.45, 2.75) is 32.3 Å². The molecule has 4 heteroatoms. The Morgan fingerprint density at radius 3 is 2.39 bits per heavy atom. The first-order valence-electron chi connectivity index (χ1n) is 6.16. The molecule has 18 heavy (non-hydrogen) atoms. The number of aryl methyl sites for hydroxylation is 2. The Bertz CT molecular complexity index is 416. The van der Waals surface area contributed by atoms with Gasteiger partial charge in [0.2, 0.25) is 0 Å². The zero-order valence-electron chi connectivity index (χ0n) is 10.7. The predicted octanol–water partition coefficient (Wildman–Crippen LogP) is 2.58. The molecule has 0 radical (unpaired) electrons. The Balaban J connectivity index is 1.89. The van der Waals surface area contributed by atoms with Crippen molar-refractivity contribution >= 4 is 15.9 Å². The van der Waals surface area contributed by atoms with Gasteiger partial charge in [-0.3, -0.25) is 0 Å². The number of benzene rings is 1. The van der Waals surface area contributed by atoms with Crippen LogP contribution in [-0.2, 0) is 0 Å². The summed E-state index contributed by atoms with van der Waals surface area (Å²) in [6.45, 7) is 4.53. The molecule has 1 aromatic rings. The first-order valence-corrected chi connectivity index (χ1v) is 6.95. The minimum atomic E-state index is -0.862. The van der Waals surface area contributed by atoms with Gasteiger partial charge in [0, 0.05) is 4.47 Å². The Kier molecular flexibility index (Phi) is 3.99. The highest BCUT2D eigenvalue weighted by Crippen LogP contribution is 2.37. The van der Waals surface area contributed by atoms with E-state index in [-0.39, 0.29) is 6.61 Å². The van der Waals surface area contributed by atoms with E-state index in [0.29, 0.717) is 25.4 Å². The monoisotopic (exact) mass is 314 g/mol. The molecule has 0 bridgehead atoms. The molecule has 0 atom stereocenters. The summed E-state index contributed by atoms with van der Waals surface area (Å²) in [4.78, 5) is 0. The van der Waals surface area contributed by atoms with E-state index in [0.717, 1.165) is 21.3 Å². The fourth-order valence-electron chi connectivity index (χ4n) is 2.47. The fourth-order valence-corrected chi connectivity index (χ4v) is 2.69. The van der Waals surface area contributed by atoms with Crippen LogP contribution in [0.4, 0.5) is 0 Å². The van der Waals surface area contributed by atoms with Gasteiger partial charge in [0.15, 0.2) is 0 Å². The number of ether oxygens (including phenoxy) is 1. The Morgan fingerprint density at radius 1 is 1.33 bits per heavy atom. The smallest absolute Gasteiger partial charge is 0.119 e. The van der Waals surface area contributed by atoms with Crippen LogP contribution in [0.15, 0.2) is 16.6 Å². The average Bonchev–Trinajstić information content (AvgIpc) is 2.30. The maximum absolute atomic E-state index is 9.70. The molecule has 0 unspecified atom stereocenters. The average molecular weight is 315 g/mol. The highest BCUT2D eigenvalue weighted by atomic mass is 79.9. The van der Waals surface area contributed by atoms with Gasteiger partial charge in [-0.15, -0.1) is 0 Å². The standard InChI is InChI=1S/C14H19BrO3/c1-9-3-12(4-10(2)13(9)15)18-7-11-5-14(17,6-11)8-16/h3-4,11,16-17H,5-8H2,1-2H3. The molecular weight excluding hydrogens is 296 g/mol. The maximum Gasteiger partial charge on any atom is 0.119 e. The van der Waals surface area contributed by atoms with Crippen molar-refractivity contribution in [3.8, 4) is 5.75 Å². The van der Waals surface area contributed by atoms with E-state index >= 15 is 0 Å². The molecule has 1 fully saturated rings. The van der Waals surface area contributed by atoms with Crippen LogP contribution in [0.3, 0.4) is 0 Å². The van der Waals surface area contributed by atoms with Crippen molar-refractivity contribution < 1.29 is 14.9 Å². The lowest BCUT2D eigenvalue weighted by Gasteiger charge is -2.42. The minimum absolute atomic E-state index is 0.153. The lowest BCUT2D eigenvalue weighted by molar-refractivity contribution is -0.115. The molecule has 2 rings (SSSR count). The predicted molar refractivity (Wildman–Crippen MR) is 73.9 cm³/mol. The number of hydrogen-bond donors (Lipinski definition) is 2. The van der Waals surface area contributed by atoms with Crippen LogP contribution in [0.2, 0.25) is 0 Å². The zero-order chi connectivity index (χ0) is 13.3. The number of aliphatic hydroxyl groups excluding tert-OH is 1. The summed E-state index contributed by atoms with van der Waals surface area (Å²) in [6.07, 6.45) is 1.25. The van der Waals surface area contributed by atoms with Crippen molar-refractivity contribution in [2.75, 3.05) is 13.2 Å². The maximum atomic E-state index is 9.70. The van der Waals surface area contributed by atoms with E-state index in [1.165, 1.54) is 0 Å². The Labute approximate surface area is 116 Å². The number of halogens is 1. The zero-order valence-corrected chi connectivity index (χ0v) is 12.3. The Hall–Kier alpha value is -0.580. The molecule has 1 aliphatic carbocycles. The van der Waals surface area contributed by atoms with E-state index in [4.69, 9.17) is 9.84 Å². The van der Waals surface area contributed by atoms with E-state index in [2.05, 4.69) is 15.9 Å². The van der Waals surface area contributed by atoms with Gasteiger partial charge in [-0.25, -0.2) is 0 Å². The summed E-state index contributed by atoms with van der Waals surface area (Å²) in [6, 6.07) is 4.02. The molecule has 3 nitrogen and oxygen atoms in total. The summed E-state index contributed by atoms with van der Waals surface area (Å²) < 4.78 is 6.87. The molecule has 1 aromatic carbocycles. The van der Waals surface area contributed by atoms with Gasteiger partial charge < -0.3 is 14.9 Å². The summed E-state index contributed by atoms with van der Waals surface area (Å²) >= 11 is 3.53. The van der Waals surface area contributed by atoms with E-state index in [1.807, 2.05) is 26.0 Å². The molecule has 0 aromatic heterocycles. The number of aliphatic hydroxyl groups is 2. The lowest BCUT2D eigenvalue weighted by atomic mass is 9.72. The van der Waals surface area contributed by atoms with Crippen molar-refractivity contribution in [3.63, 3.8) is 0 Å². The quantitative estimate of drug-likeness (QED) is 0.898. The van der Waals surface area contributed by atoms with Crippen molar-refractivity contribution in [3.05, 3.63) is 27.7 Å². The third-order valence-corrected chi connectivity index (χ3v) is 4.78. The molecule has 1 aliphatic rings. The highest BCUT2D eigenvalue weighted by molar-refractivity contribution is 9.10. The fraction of sp³-hybridized carbons (Fsp3) is 0.571. The van der Waals surface area contributed by atoms with Gasteiger partial charge in [-0.1, -0.05) is 15.9 Å². The van der Waals surface area contributed by atoms with Gasteiger partial charge >= 0.3 is 0 Å². The van der Waals surface area contributed by atoms with Crippen molar-refractivity contribution in [1.29, 1.82) is 0 Å². The normalized spacial score (nSPS) is 26.8. The van der Waals surface area contributed by atoms with Crippen LogP contribution < -0.4 is 4.74 Å². The highest BCUT2D eigenvalue weighted by Gasteiger charge is 2.42. The summed E-state index contributed by atoms with van der Waals surface area (Å²) in [7, 11) is 0. The molecule has 0 amide bonds. The second-order valence-electron chi connectivity index (χ2n) is 5.34. The van der Waals surface area contributed by atoms with E-state index < -0.39 is 5.60 Å². The largest absolute Gasteiger partial charge is 0.493 e. The van der Waals surface area contributed by atoms with Crippen LogP contribution in [0.25, 0.3) is 0 Å². The van der Waals surface area contributed by atoms with Gasteiger partial charge in [0.05, 0.1) is 18.8 Å². The van der Waals surface area contributed by atoms with Crippen molar-refractivity contribution in [1.82, 2.24) is 0 Å². The minimum Gasteiger partial charge on any atom is -0.493 e. The second-order valence-corrected chi connectivity index (χ2v) is 6.13. The topological polar surface area (TPSA) is 49.7 Å². The van der Waals surface area contributed by atoms with Gasteiger partial charge in [0.1, 0.15) is 5.75 Å². The molecule has 100 valence electrons. The Morgan fingerprint density at radius 2 is 1.89 bits per heavy atom. The third-order valence-electron chi connectivity index (χ3n) is 3.53. The summed E-state index contributed by atoms with van der Waals surface area (Å²) in [5.74, 6) is 1.21. The summed E-state index contributed by atoms with van der Waals surface area (Å²) in [5, 5.41) is 18.7. The third kappa shape index (κ3) is 2.87. The van der Waals surface area contributed by atoms with Gasteiger partial charge in [-0.05, 0) is 55.9 Å². The van der Waals surface area contributed by atoms with Crippen LogP contribution in [-0.4, -0.2) is 29.0 Å². The summed E-state index contributed by atoms with van der Waals surface area (Å²) in [5.41, 5.74) is 1.45. The first-order chi connectivity index (χ1) is 8.43. The van der Waals surface area contributed by atoms with Gasteiger partial charge in [-0.2, -0.15) is 0 Å². The van der Waals surface area contributed by atoms with Crippen LogP contribution >= 0.6 is 15.9 Å². The lowest BCUT2D eigenvalue weighted by Crippen LogP contribution is -2.48. The second kappa shape index (κ2) is 5.19. The molecule has 1 saturated carbocycles. The number of hydrogen-bond acceptors (Lipinski definition) is 3. The molecule has 0 aliphatic heterocycles. The molecule has 0 heterocycles. The molecular formula is C14H19BrO3. The van der Waals surface area contributed by atoms with Gasteiger partial charge in [0.25, 0.3) is 0 Å². The molecule has 0 saturated heterocycles. The van der Waals surface area contributed by atoms with Crippen LogP contribution in [0, 0.1) is 19.8 Å². The number of rotatable bonds is 4. The molecule has 2 N–H and O–H groups in total. The van der Waals surface area contributed by atoms with E-state index in [1.54, 1.807) is 0 Å². The van der Waals surface area contributed by atoms with Crippen molar-refractivity contribution in [2.24, 2.45) is 5.92 Å². The van der Waals surface area contributed by atoms with E-state index in [9.17, 15) is 5.11 Å².